The minimum Gasteiger partial charge on any atom is -0.467 e. The Hall–Kier alpha value is -6.04. The van der Waals surface area contributed by atoms with E-state index in [9.17, 15) is 43.5 Å². The predicted octanol–water partition coefficient (Wildman–Crippen LogP) is 2.99. The first-order chi connectivity index (χ1) is 31.3. The first kappa shape index (κ1) is 57.1. The van der Waals surface area contributed by atoms with Gasteiger partial charge in [-0.25, -0.2) is 9.59 Å². The average Bonchev–Trinajstić information content (AvgIpc) is 3.23. The minimum absolute atomic E-state index is 0.0370. The van der Waals surface area contributed by atoms with E-state index in [0.29, 0.717) is 12.0 Å². The highest BCUT2D eigenvalue weighted by Gasteiger charge is 2.34. The summed E-state index contributed by atoms with van der Waals surface area (Å²) in [5.41, 5.74) is 0.631. The van der Waals surface area contributed by atoms with Crippen LogP contribution >= 0.6 is 0 Å². The number of methoxy groups -OCH3 is 1. The van der Waals surface area contributed by atoms with Gasteiger partial charge < -0.3 is 51.8 Å². The van der Waals surface area contributed by atoms with Crippen LogP contribution in [0.2, 0.25) is 0 Å². The summed E-state index contributed by atoms with van der Waals surface area (Å²) >= 11 is 0. The third-order valence-corrected chi connectivity index (χ3v) is 10.4. The molecule has 2 aromatic rings. The van der Waals surface area contributed by atoms with Gasteiger partial charge in [-0.05, 0) is 76.3 Å². The van der Waals surface area contributed by atoms with Crippen molar-refractivity contribution < 1.29 is 52.9 Å². The van der Waals surface area contributed by atoms with Crippen molar-refractivity contribution in [2.75, 3.05) is 7.11 Å². The second kappa shape index (κ2) is 27.6. The number of carbonyl (C=O) groups is 8. The molecular formula is C49H75N7O11. The highest BCUT2D eigenvalue weighted by Crippen LogP contribution is 2.15. The van der Waals surface area contributed by atoms with E-state index in [4.69, 9.17) is 9.47 Å². The lowest BCUT2D eigenvalue weighted by molar-refractivity contribution is -0.146. The van der Waals surface area contributed by atoms with Gasteiger partial charge >= 0.3 is 12.1 Å². The molecule has 18 nitrogen and oxygen atoms in total. The number of nitrogens with one attached hydrogen (secondary N) is 7. The summed E-state index contributed by atoms with van der Waals surface area (Å²) < 4.78 is 10.2. The Kier molecular flexibility index (Phi) is 23.5. The number of rotatable bonds is 25. The molecule has 18 heteroatoms. The summed E-state index contributed by atoms with van der Waals surface area (Å²) in [7, 11) is 1.23. The highest BCUT2D eigenvalue weighted by atomic mass is 16.6. The minimum atomic E-state index is -1.43. The van der Waals surface area contributed by atoms with Gasteiger partial charge in [0, 0.05) is 12.8 Å². The maximum absolute atomic E-state index is 13.9. The lowest BCUT2D eigenvalue weighted by Gasteiger charge is -2.29. The topological polar surface area (TPSA) is 259 Å². The van der Waals surface area contributed by atoms with Gasteiger partial charge in [0.1, 0.15) is 41.9 Å². The maximum atomic E-state index is 13.9. The number of benzene rings is 2. The molecule has 0 heterocycles. The number of amides is 7. The molecule has 2 rings (SSSR count). The zero-order valence-electron chi connectivity index (χ0n) is 41.2. The third kappa shape index (κ3) is 21.4. The Balaban J connectivity index is 2.17. The van der Waals surface area contributed by atoms with Gasteiger partial charge in [-0.1, -0.05) is 102 Å². The van der Waals surface area contributed by atoms with Crippen molar-refractivity contribution in [1.82, 2.24) is 37.2 Å². The molecule has 7 amide bonds. The van der Waals surface area contributed by atoms with Crippen LogP contribution in [0.25, 0.3) is 0 Å². The monoisotopic (exact) mass is 938 g/mol. The smallest absolute Gasteiger partial charge is 0.408 e. The number of alkyl carbamates (subject to hydrolysis) is 1. The number of hydrogen-bond acceptors (Lipinski definition) is 11. The second-order valence-corrected chi connectivity index (χ2v) is 19.1. The van der Waals surface area contributed by atoms with Crippen molar-refractivity contribution in [1.29, 1.82) is 0 Å². The Labute approximate surface area is 395 Å². The van der Waals surface area contributed by atoms with E-state index in [1.165, 1.54) is 21.0 Å². The van der Waals surface area contributed by atoms with E-state index >= 15 is 0 Å². The number of aliphatic hydroxyl groups is 1. The quantitative estimate of drug-likeness (QED) is 0.0672. The van der Waals surface area contributed by atoms with Crippen LogP contribution in [0, 0.1) is 17.8 Å². The second-order valence-electron chi connectivity index (χ2n) is 19.1. The third-order valence-electron chi connectivity index (χ3n) is 10.4. The normalized spacial score (nSPS) is 15.0. The Morgan fingerprint density at radius 1 is 0.552 bits per heavy atom. The molecular weight excluding hydrogens is 863 g/mol. The molecule has 0 aliphatic carbocycles. The highest BCUT2D eigenvalue weighted by molar-refractivity contribution is 5.95. The first-order valence-electron chi connectivity index (χ1n) is 22.9. The van der Waals surface area contributed by atoms with Crippen molar-refractivity contribution in [3.8, 4) is 0 Å². The van der Waals surface area contributed by atoms with Gasteiger partial charge in [0.05, 0.1) is 25.7 Å². The van der Waals surface area contributed by atoms with Crippen molar-refractivity contribution in [3.63, 3.8) is 0 Å². The van der Waals surface area contributed by atoms with Gasteiger partial charge in [-0.15, -0.1) is 0 Å². The fourth-order valence-electron chi connectivity index (χ4n) is 6.94. The average molecular weight is 938 g/mol. The molecule has 0 bridgehead atoms. The fourth-order valence-corrected chi connectivity index (χ4v) is 6.94. The number of aliphatic hydroxyl groups excluding tert-OH is 1. The van der Waals surface area contributed by atoms with Crippen molar-refractivity contribution in [2.24, 2.45) is 17.8 Å². The number of esters is 1. The molecule has 67 heavy (non-hydrogen) atoms. The molecule has 0 aromatic heterocycles. The van der Waals surface area contributed by atoms with Crippen molar-refractivity contribution in [3.05, 3.63) is 71.8 Å². The van der Waals surface area contributed by atoms with Crippen molar-refractivity contribution >= 4 is 47.5 Å². The predicted molar refractivity (Wildman–Crippen MR) is 253 cm³/mol. The van der Waals surface area contributed by atoms with Crippen LogP contribution in [-0.2, 0) is 55.9 Å². The molecule has 0 radical (unpaired) electrons. The molecule has 0 fully saturated rings. The van der Waals surface area contributed by atoms with E-state index in [0.717, 1.165) is 5.56 Å². The molecule has 0 aliphatic heterocycles. The van der Waals surface area contributed by atoms with Gasteiger partial charge in [-0.2, -0.15) is 0 Å². The Morgan fingerprint density at radius 2 is 1.01 bits per heavy atom. The molecule has 372 valence electrons. The van der Waals surface area contributed by atoms with Crippen LogP contribution in [-0.4, -0.2) is 114 Å². The van der Waals surface area contributed by atoms with Crippen molar-refractivity contribution in [2.45, 2.75) is 162 Å². The lowest BCUT2D eigenvalue weighted by atomic mass is 9.96. The molecule has 0 aliphatic rings. The summed E-state index contributed by atoms with van der Waals surface area (Å²) in [6.45, 7) is 18.9. The summed E-state index contributed by atoms with van der Waals surface area (Å²) in [5, 5.41) is 30.0. The van der Waals surface area contributed by atoms with E-state index < -0.39 is 114 Å². The van der Waals surface area contributed by atoms with Crippen LogP contribution in [0.1, 0.15) is 107 Å². The standard InChI is InChI=1S/C49H75N7O11/c1-28(2)23-35(53-43(60)32(8)50-42(59)31(7)51-44(61)37(26-34-21-17-14-18-22-34)55-48(65)67-49(9,10)11)39(57)27-40(58)52-36(25-33-19-15-13-16-20-33)45(62)56-41(30(5)6)46(63)54-38(24-29(3)4)47(64)66-12/h13-22,28-32,35-39,41,57H,23-27H2,1-12H3,(H,50,59)(H,51,61)(H,52,58)(H,53,60)(H,54,63)(H,55,65)(H,56,62)/t31-,32-,35-,36-,37-,38-,39-,41-/m0/s1. The largest absolute Gasteiger partial charge is 0.467 e. The molecule has 2 aromatic carbocycles. The van der Waals surface area contributed by atoms with Gasteiger partial charge in [-0.3, -0.25) is 28.8 Å². The van der Waals surface area contributed by atoms with Gasteiger partial charge in [0.15, 0.2) is 0 Å². The lowest BCUT2D eigenvalue weighted by Crippen LogP contribution is -2.58. The number of ether oxygens (including phenoxy) is 2. The SMILES string of the molecule is COC(=O)[C@H](CC(C)C)NC(=O)[C@@H](NC(=O)[C@H](Cc1ccccc1)NC(=O)C[C@H](O)[C@H](CC(C)C)NC(=O)[C@H](C)NC(=O)[C@H](C)NC(=O)[C@H](Cc1ccccc1)NC(=O)OC(C)(C)C)C(C)C. The van der Waals surface area contributed by atoms with Gasteiger partial charge in [0.2, 0.25) is 35.4 Å². The van der Waals surface area contributed by atoms with E-state index in [1.54, 1.807) is 89.2 Å². The van der Waals surface area contributed by atoms with E-state index in [2.05, 4.69) is 37.2 Å². The molecule has 0 unspecified atom stereocenters. The maximum Gasteiger partial charge on any atom is 0.408 e. The zero-order valence-corrected chi connectivity index (χ0v) is 41.2. The molecule has 0 saturated carbocycles. The summed E-state index contributed by atoms with van der Waals surface area (Å²) in [6.07, 6.45) is -2.08. The Bertz CT molecular complexity index is 1940. The number of carbonyl (C=O) groups excluding carboxylic acids is 8. The first-order valence-corrected chi connectivity index (χ1v) is 22.9. The Morgan fingerprint density at radius 3 is 1.48 bits per heavy atom. The molecule has 8 N–H and O–H groups in total. The van der Waals surface area contributed by atoms with Crippen LogP contribution in [0.4, 0.5) is 4.79 Å². The summed E-state index contributed by atoms with van der Waals surface area (Å²) in [5.74, 6) is -5.07. The summed E-state index contributed by atoms with van der Waals surface area (Å²) in [4.78, 5) is 106. The van der Waals surface area contributed by atoms with Crippen LogP contribution < -0.4 is 37.2 Å². The van der Waals surface area contributed by atoms with E-state index in [-0.39, 0.29) is 31.1 Å². The fraction of sp³-hybridized carbons (Fsp3) is 0.592. The van der Waals surface area contributed by atoms with Crippen LogP contribution in [0.15, 0.2) is 60.7 Å². The van der Waals surface area contributed by atoms with Gasteiger partial charge in [0.25, 0.3) is 0 Å². The molecule has 0 saturated heterocycles. The summed E-state index contributed by atoms with van der Waals surface area (Å²) in [6, 6.07) is 10.3. The van der Waals surface area contributed by atoms with E-state index in [1.807, 2.05) is 33.8 Å². The van der Waals surface area contributed by atoms with Crippen LogP contribution in [0.3, 0.4) is 0 Å². The zero-order chi connectivity index (χ0) is 50.6. The molecule has 0 spiro atoms. The molecule has 8 atom stereocenters. The number of hydrogen-bond donors (Lipinski definition) is 8. The van der Waals surface area contributed by atoms with Crippen LogP contribution in [0.5, 0.6) is 0 Å².